The maximum atomic E-state index is 11.5. The van der Waals surface area contributed by atoms with Crippen LogP contribution in [-0.2, 0) is 4.79 Å². The second kappa shape index (κ2) is 5.49. The maximum absolute atomic E-state index is 11.5. The molecule has 0 saturated carbocycles. The Morgan fingerprint density at radius 3 is 3.24 bits per heavy atom. The van der Waals surface area contributed by atoms with E-state index in [4.69, 9.17) is 4.74 Å². The third kappa shape index (κ3) is 2.97. The summed E-state index contributed by atoms with van der Waals surface area (Å²) in [5, 5.41) is 0. The zero-order valence-corrected chi connectivity index (χ0v) is 11.3. The van der Waals surface area contributed by atoms with Crippen LogP contribution in [0.1, 0.15) is 19.8 Å². The number of nitrogens with zero attached hydrogens (tertiary/aromatic N) is 2. The molecule has 2 heterocycles. The van der Waals surface area contributed by atoms with Crippen molar-refractivity contribution in [3.05, 3.63) is 22.8 Å². The summed E-state index contributed by atoms with van der Waals surface area (Å²) < 4.78 is 6.63. The molecule has 1 aliphatic rings. The summed E-state index contributed by atoms with van der Waals surface area (Å²) in [5.74, 6) is 0.791. The first kappa shape index (κ1) is 12.4. The molecule has 0 aliphatic carbocycles. The Morgan fingerprint density at radius 2 is 2.53 bits per heavy atom. The number of likely N-dealkylation sites (tertiary alicyclic amines) is 1. The van der Waals surface area contributed by atoms with E-state index in [9.17, 15) is 4.79 Å². The molecular formula is C12H15BrN2O2. The summed E-state index contributed by atoms with van der Waals surface area (Å²) in [6, 6.07) is 3.74. The number of halogens is 1. The van der Waals surface area contributed by atoms with Gasteiger partial charge in [0, 0.05) is 25.6 Å². The quantitative estimate of drug-likeness (QED) is 0.859. The summed E-state index contributed by atoms with van der Waals surface area (Å²) >= 11 is 3.39. The molecule has 1 aromatic rings. The highest BCUT2D eigenvalue weighted by atomic mass is 79.9. The molecule has 1 aromatic heterocycles. The van der Waals surface area contributed by atoms with Gasteiger partial charge in [-0.2, -0.15) is 0 Å². The van der Waals surface area contributed by atoms with Crippen molar-refractivity contribution in [1.82, 2.24) is 9.88 Å². The first-order chi connectivity index (χ1) is 8.20. The number of hydrogen-bond acceptors (Lipinski definition) is 3. The highest BCUT2D eigenvalue weighted by Gasteiger charge is 2.27. The molecule has 1 saturated heterocycles. The third-order valence-electron chi connectivity index (χ3n) is 2.80. The number of rotatable bonds is 3. The summed E-state index contributed by atoms with van der Waals surface area (Å²) in [4.78, 5) is 17.5. The molecule has 1 atom stereocenters. The van der Waals surface area contributed by atoms with Crippen molar-refractivity contribution in [1.29, 1.82) is 0 Å². The fourth-order valence-corrected chi connectivity index (χ4v) is 2.24. The lowest BCUT2D eigenvalue weighted by Crippen LogP contribution is -2.30. The van der Waals surface area contributed by atoms with Crippen LogP contribution in [0.2, 0.25) is 0 Å². The van der Waals surface area contributed by atoms with E-state index in [0.29, 0.717) is 18.8 Å². The fraction of sp³-hybridized carbons (Fsp3) is 0.500. The molecule has 1 unspecified atom stereocenters. The average molecular weight is 299 g/mol. The average Bonchev–Trinajstić information content (AvgIpc) is 2.80. The molecule has 0 N–H and O–H groups in total. The molecule has 92 valence electrons. The Hall–Kier alpha value is -1.10. The van der Waals surface area contributed by atoms with Crippen molar-refractivity contribution < 1.29 is 9.53 Å². The van der Waals surface area contributed by atoms with E-state index in [1.165, 1.54) is 0 Å². The molecule has 1 aliphatic heterocycles. The van der Waals surface area contributed by atoms with E-state index in [1.807, 2.05) is 24.0 Å². The summed E-state index contributed by atoms with van der Waals surface area (Å²) in [6.07, 6.45) is 3.18. The molecule has 0 radical (unpaired) electrons. The lowest BCUT2D eigenvalue weighted by molar-refractivity contribution is -0.130. The lowest BCUT2D eigenvalue weighted by atomic mass is 10.3. The number of carbonyl (C=O) groups excluding carboxylic acids is 1. The summed E-state index contributed by atoms with van der Waals surface area (Å²) in [6.45, 7) is 3.32. The summed E-state index contributed by atoms with van der Waals surface area (Å²) in [5.41, 5.74) is 0. The molecule has 0 aromatic carbocycles. The largest absolute Gasteiger partial charge is 0.472 e. The molecule has 4 nitrogen and oxygen atoms in total. The molecule has 2 rings (SSSR count). The number of pyridine rings is 1. The topological polar surface area (TPSA) is 42.4 Å². The minimum absolute atomic E-state index is 0.0525. The van der Waals surface area contributed by atoms with E-state index in [0.717, 1.165) is 17.4 Å². The van der Waals surface area contributed by atoms with Crippen molar-refractivity contribution in [2.75, 3.05) is 13.1 Å². The Balaban J connectivity index is 1.94. The monoisotopic (exact) mass is 298 g/mol. The Labute approximate surface area is 109 Å². The highest BCUT2D eigenvalue weighted by molar-refractivity contribution is 9.10. The van der Waals surface area contributed by atoms with Crippen LogP contribution >= 0.6 is 15.9 Å². The molecular weight excluding hydrogens is 284 g/mol. The second-order valence-corrected chi connectivity index (χ2v) is 4.87. The lowest BCUT2D eigenvalue weighted by Gasteiger charge is -2.16. The predicted molar refractivity (Wildman–Crippen MR) is 67.8 cm³/mol. The van der Waals surface area contributed by atoms with Crippen LogP contribution in [0.4, 0.5) is 0 Å². The van der Waals surface area contributed by atoms with E-state index < -0.39 is 0 Å². The third-order valence-corrected chi connectivity index (χ3v) is 3.41. The van der Waals surface area contributed by atoms with Gasteiger partial charge in [0.15, 0.2) is 0 Å². The molecule has 5 heteroatoms. The van der Waals surface area contributed by atoms with Crippen LogP contribution in [0, 0.1) is 0 Å². The number of amides is 1. The van der Waals surface area contributed by atoms with Crippen LogP contribution in [0.3, 0.4) is 0 Å². The van der Waals surface area contributed by atoms with Crippen LogP contribution in [0.5, 0.6) is 5.88 Å². The Kier molecular flexibility index (Phi) is 3.99. The summed E-state index contributed by atoms with van der Waals surface area (Å²) in [7, 11) is 0. The normalized spacial score (nSPS) is 19.4. The van der Waals surface area contributed by atoms with Gasteiger partial charge in [-0.3, -0.25) is 4.79 Å². The number of aromatic nitrogens is 1. The minimum atomic E-state index is 0.0525. The predicted octanol–water partition coefficient (Wildman–Crippen LogP) is 2.23. The van der Waals surface area contributed by atoms with Crippen molar-refractivity contribution in [3.63, 3.8) is 0 Å². The van der Waals surface area contributed by atoms with Gasteiger partial charge in [0.2, 0.25) is 11.8 Å². The standard InChI is InChI=1S/C12H15BrN2O2/c1-2-11(16)15-7-5-9(8-15)17-12-10(13)4-3-6-14-12/h3-4,6,9H,2,5,7-8H2,1H3. The van der Waals surface area contributed by atoms with Gasteiger partial charge in [0.1, 0.15) is 6.10 Å². The zero-order chi connectivity index (χ0) is 12.3. The maximum Gasteiger partial charge on any atom is 0.228 e. The number of hydrogen-bond donors (Lipinski definition) is 0. The van der Waals surface area contributed by atoms with Crippen LogP contribution in [-0.4, -0.2) is 35.0 Å². The van der Waals surface area contributed by atoms with Crippen molar-refractivity contribution in [3.8, 4) is 5.88 Å². The van der Waals surface area contributed by atoms with Gasteiger partial charge in [0.25, 0.3) is 0 Å². The second-order valence-electron chi connectivity index (χ2n) is 4.01. The van der Waals surface area contributed by atoms with Gasteiger partial charge in [-0.25, -0.2) is 4.98 Å². The number of carbonyl (C=O) groups is 1. The van der Waals surface area contributed by atoms with E-state index in [1.54, 1.807) is 6.20 Å². The SMILES string of the molecule is CCC(=O)N1CCC(Oc2ncccc2Br)C1. The first-order valence-electron chi connectivity index (χ1n) is 5.75. The van der Waals surface area contributed by atoms with Gasteiger partial charge in [-0.05, 0) is 28.1 Å². The Bertz CT molecular complexity index is 411. The van der Waals surface area contributed by atoms with Gasteiger partial charge in [-0.15, -0.1) is 0 Å². The van der Waals surface area contributed by atoms with Crippen LogP contribution in [0.25, 0.3) is 0 Å². The highest BCUT2D eigenvalue weighted by Crippen LogP contribution is 2.24. The van der Waals surface area contributed by atoms with Crippen LogP contribution < -0.4 is 4.74 Å². The van der Waals surface area contributed by atoms with Gasteiger partial charge < -0.3 is 9.64 Å². The number of ether oxygens (including phenoxy) is 1. The van der Waals surface area contributed by atoms with E-state index in [2.05, 4.69) is 20.9 Å². The van der Waals surface area contributed by atoms with E-state index in [-0.39, 0.29) is 12.0 Å². The molecule has 0 spiro atoms. The van der Waals surface area contributed by atoms with Gasteiger partial charge in [-0.1, -0.05) is 6.92 Å². The smallest absolute Gasteiger partial charge is 0.228 e. The Morgan fingerprint density at radius 1 is 1.71 bits per heavy atom. The molecule has 0 bridgehead atoms. The fourth-order valence-electron chi connectivity index (χ4n) is 1.89. The van der Waals surface area contributed by atoms with Crippen molar-refractivity contribution in [2.45, 2.75) is 25.9 Å². The van der Waals surface area contributed by atoms with Gasteiger partial charge >= 0.3 is 0 Å². The van der Waals surface area contributed by atoms with Crippen LogP contribution in [0.15, 0.2) is 22.8 Å². The molecule has 1 amide bonds. The van der Waals surface area contributed by atoms with Crippen molar-refractivity contribution in [2.24, 2.45) is 0 Å². The first-order valence-corrected chi connectivity index (χ1v) is 6.55. The van der Waals surface area contributed by atoms with Gasteiger partial charge in [0.05, 0.1) is 11.0 Å². The molecule has 17 heavy (non-hydrogen) atoms. The van der Waals surface area contributed by atoms with Crippen molar-refractivity contribution >= 4 is 21.8 Å². The van der Waals surface area contributed by atoms with E-state index >= 15 is 0 Å². The minimum Gasteiger partial charge on any atom is -0.472 e. The molecule has 1 fully saturated rings. The zero-order valence-electron chi connectivity index (χ0n) is 9.73.